The second-order valence-corrected chi connectivity index (χ2v) is 6.54. The molecule has 3 aromatic heterocycles. The summed E-state index contributed by atoms with van der Waals surface area (Å²) in [5.41, 5.74) is 2.31. The van der Waals surface area contributed by atoms with E-state index in [1.165, 1.54) is 5.56 Å². The van der Waals surface area contributed by atoms with Crippen molar-refractivity contribution in [2.75, 3.05) is 13.2 Å². The maximum atomic E-state index is 5.98. The van der Waals surface area contributed by atoms with Crippen LogP contribution in [0.25, 0.3) is 5.82 Å². The van der Waals surface area contributed by atoms with Crippen molar-refractivity contribution in [3.8, 4) is 5.82 Å². The lowest BCUT2D eigenvalue weighted by molar-refractivity contribution is 0.0904. The van der Waals surface area contributed by atoms with Crippen LogP contribution in [0.5, 0.6) is 0 Å². The van der Waals surface area contributed by atoms with Crippen LogP contribution < -0.4 is 5.32 Å². The smallest absolute Gasteiger partial charge is 0.157 e. The van der Waals surface area contributed by atoms with E-state index in [0.29, 0.717) is 5.92 Å². The summed E-state index contributed by atoms with van der Waals surface area (Å²) in [5, 5.41) is 12.3. The third-order valence-electron chi connectivity index (χ3n) is 4.83. The van der Waals surface area contributed by atoms with Gasteiger partial charge >= 0.3 is 0 Å². The van der Waals surface area contributed by atoms with E-state index in [1.54, 1.807) is 17.1 Å². The van der Waals surface area contributed by atoms with Crippen molar-refractivity contribution in [1.82, 2.24) is 29.9 Å². The minimum atomic E-state index is 0.127. The first-order valence-corrected chi connectivity index (χ1v) is 9.13. The Bertz CT molecular complexity index is 828. The van der Waals surface area contributed by atoms with Crippen LogP contribution in [-0.2, 0) is 17.8 Å². The Labute approximate surface area is 153 Å². The average molecular weight is 352 g/mol. The van der Waals surface area contributed by atoms with E-state index >= 15 is 0 Å². The first kappa shape index (κ1) is 16.9. The number of hydrogen-bond donors (Lipinski definition) is 1. The quantitative estimate of drug-likeness (QED) is 0.707. The number of rotatable bonds is 7. The predicted octanol–water partition coefficient (Wildman–Crippen LogP) is 2.35. The lowest BCUT2D eigenvalue weighted by Crippen LogP contribution is -2.25. The van der Waals surface area contributed by atoms with Crippen LogP contribution in [0.3, 0.4) is 0 Å². The van der Waals surface area contributed by atoms with Crippen molar-refractivity contribution in [2.24, 2.45) is 5.92 Å². The maximum Gasteiger partial charge on any atom is 0.157 e. The second-order valence-electron chi connectivity index (χ2n) is 6.54. The molecule has 2 atom stereocenters. The summed E-state index contributed by atoms with van der Waals surface area (Å²) in [7, 11) is 0. The van der Waals surface area contributed by atoms with Gasteiger partial charge in [0.05, 0.1) is 12.3 Å². The van der Waals surface area contributed by atoms with Crippen LogP contribution in [0, 0.1) is 5.92 Å². The zero-order chi connectivity index (χ0) is 17.8. The fourth-order valence-corrected chi connectivity index (χ4v) is 3.47. The fourth-order valence-electron chi connectivity index (χ4n) is 3.47. The zero-order valence-electron chi connectivity index (χ0n) is 15.0. The van der Waals surface area contributed by atoms with Gasteiger partial charge < -0.3 is 10.1 Å². The van der Waals surface area contributed by atoms with Crippen molar-refractivity contribution in [1.29, 1.82) is 0 Å². The molecule has 1 N–H and O–H groups in total. The van der Waals surface area contributed by atoms with Gasteiger partial charge in [-0.05, 0) is 25.5 Å². The normalized spacial score (nSPS) is 19.9. The van der Waals surface area contributed by atoms with E-state index in [1.807, 2.05) is 29.2 Å². The lowest BCUT2D eigenvalue weighted by Gasteiger charge is -2.18. The fraction of sp³-hybridized carbons (Fsp3) is 0.421. The highest BCUT2D eigenvalue weighted by Crippen LogP contribution is 2.33. The van der Waals surface area contributed by atoms with E-state index in [2.05, 4.69) is 39.7 Å². The molecular formula is C19H24N6O. The molecule has 0 amide bonds. The van der Waals surface area contributed by atoms with Gasteiger partial charge in [-0.3, -0.25) is 4.68 Å². The van der Waals surface area contributed by atoms with Gasteiger partial charge in [0.1, 0.15) is 0 Å². The van der Waals surface area contributed by atoms with E-state index in [-0.39, 0.29) is 6.10 Å². The Hall–Kier alpha value is -2.51. The van der Waals surface area contributed by atoms with Crippen LogP contribution in [0.15, 0.2) is 49.2 Å². The number of aryl methyl sites for hydroxylation is 1. The standard InChI is InChI=1S/C19H24N6O/c1-2-24-14-17(13-23-24)18-15(6-10-26-18)11-20-12-16-5-3-7-21-19(16)25-9-4-8-22-25/h3-5,7-9,13-15,18,20H,2,6,10-12H2,1H3/t15-,18+/m1/s1. The first-order valence-electron chi connectivity index (χ1n) is 9.13. The second kappa shape index (κ2) is 7.80. The van der Waals surface area contributed by atoms with Crippen LogP contribution in [-0.4, -0.2) is 37.7 Å². The molecule has 0 saturated carbocycles. The molecule has 0 aromatic carbocycles. The Morgan fingerprint density at radius 2 is 2.23 bits per heavy atom. The van der Waals surface area contributed by atoms with Crippen LogP contribution in [0.2, 0.25) is 0 Å². The number of pyridine rings is 1. The predicted molar refractivity (Wildman–Crippen MR) is 97.8 cm³/mol. The van der Waals surface area contributed by atoms with E-state index in [0.717, 1.165) is 44.0 Å². The Balaban J connectivity index is 1.39. The van der Waals surface area contributed by atoms with Gasteiger partial charge in [0, 0.05) is 68.1 Å². The van der Waals surface area contributed by atoms with Gasteiger partial charge in [0.2, 0.25) is 0 Å². The highest BCUT2D eigenvalue weighted by Gasteiger charge is 2.30. The summed E-state index contributed by atoms with van der Waals surface area (Å²) in [6.07, 6.45) is 10.7. The Morgan fingerprint density at radius 1 is 1.27 bits per heavy atom. The van der Waals surface area contributed by atoms with Gasteiger partial charge in [-0.1, -0.05) is 6.07 Å². The summed E-state index contributed by atoms with van der Waals surface area (Å²) < 4.78 is 9.73. The van der Waals surface area contributed by atoms with Crippen LogP contribution in [0.4, 0.5) is 0 Å². The summed E-state index contributed by atoms with van der Waals surface area (Å²) in [5.74, 6) is 1.32. The van der Waals surface area contributed by atoms with Gasteiger partial charge in [-0.25, -0.2) is 9.67 Å². The van der Waals surface area contributed by atoms with Gasteiger partial charge in [-0.2, -0.15) is 10.2 Å². The molecule has 0 spiro atoms. The molecule has 0 bridgehead atoms. The van der Waals surface area contributed by atoms with E-state index < -0.39 is 0 Å². The Morgan fingerprint density at radius 3 is 3.04 bits per heavy atom. The SMILES string of the molecule is CCn1cc([C@H]2OCC[C@@H]2CNCc2cccnc2-n2cccn2)cn1. The molecular weight excluding hydrogens is 328 g/mol. The molecule has 0 radical (unpaired) electrons. The molecule has 0 unspecified atom stereocenters. The van der Waals surface area contributed by atoms with Crippen LogP contribution >= 0.6 is 0 Å². The number of ether oxygens (including phenoxy) is 1. The third-order valence-corrected chi connectivity index (χ3v) is 4.83. The molecule has 0 aliphatic carbocycles. The molecule has 1 aliphatic rings. The minimum absolute atomic E-state index is 0.127. The van der Waals surface area contributed by atoms with Crippen molar-refractivity contribution >= 4 is 0 Å². The minimum Gasteiger partial charge on any atom is -0.373 e. The average Bonchev–Trinajstić information content (AvgIpc) is 3.43. The number of hydrogen-bond acceptors (Lipinski definition) is 5. The monoisotopic (exact) mass is 352 g/mol. The number of nitrogens with zero attached hydrogens (tertiary/aromatic N) is 5. The van der Waals surface area contributed by atoms with E-state index in [9.17, 15) is 0 Å². The molecule has 1 fully saturated rings. The molecule has 7 heteroatoms. The summed E-state index contributed by atoms with van der Waals surface area (Å²) in [6.45, 7) is 5.43. The van der Waals surface area contributed by atoms with Crippen molar-refractivity contribution in [3.05, 3.63) is 60.3 Å². The summed E-state index contributed by atoms with van der Waals surface area (Å²) in [6, 6.07) is 5.96. The van der Waals surface area contributed by atoms with Gasteiger partial charge in [0.15, 0.2) is 5.82 Å². The molecule has 136 valence electrons. The van der Waals surface area contributed by atoms with Gasteiger partial charge in [-0.15, -0.1) is 0 Å². The topological polar surface area (TPSA) is 69.8 Å². The molecule has 4 rings (SSSR count). The van der Waals surface area contributed by atoms with Crippen molar-refractivity contribution in [3.63, 3.8) is 0 Å². The van der Waals surface area contributed by atoms with Crippen molar-refractivity contribution in [2.45, 2.75) is 32.5 Å². The van der Waals surface area contributed by atoms with Crippen molar-refractivity contribution < 1.29 is 4.74 Å². The largest absolute Gasteiger partial charge is 0.373 e. The Kier molecular flexibility index (Phi) is 5.08. The molecule has 1 aliphatic heterocycles. The number of aromatic nitrogens is 5. The first-order chi connectivity index (χ1) is 12.8. The lowest BCUT2D eigenvalue weighted by atomic mass is 9.97. The molecule has 7 nitrogen and oxygen atoms in total. The highest BCUT2D eigenvalue weighted by atomic mass is 16.5. The van der Waals surface area contributed by atoms with Crippen LogP contribution in [0.1, 0.15) is 30.6 Å². The summed E-state index contributed by atoms with van der Waals surface area (Å²) >= 11 is 0. The molecule has 4 heterocycles. The van der Waals surface area contributed by atoms with E-state index in [4.69, 9.17) is 4.74 Å². The molecule has 1 saturated heterocycles. The maximum absolute atomic E-state index is 5.98. The molecule has 26 heavy (non-hydrogen) atoms. The molecule has 3 aromatic rings. The highest BCUT2D eigenvalue weighted by molar-refractivity contribution is 5.32. The third kappa shape index (κ3) is 3.54. The zero-order valence-corrected chi connectivity index (χ0v) is 15.0. The number of nitrogens with one attached hydrogen (secondary N) is 1. The van der Waals surface area contributed by atoms with Gasteiger partial charge in [0.25, 0.3) is 0 Å². The summed E-state index contributed by atoms with van der Waals surface area (Å²) in [4.78, 5) is 4.47.